The molecule has 1 aromatic rings. The van der Waals surface area contributed by atoms with Crippen LogP contribution in [0.15, 0.2) is 61.2 Å². The number of rotatable bonds is 4. The van der Waals surface area contributed by atoms with Crippen LogP contribution in [-0.2, 0) is 14.3 Å². The quantitative estimate of drug-likeness (QED) is 0.615. The number of methoxy groups -OCH3 is 1. The Kier molecular flexibility index (Phi) is 8.37. The fraction of sp³-hybridized carbons (Fsp3) is 0.125. The number of ether oxygens (including phenoxy) is 1. The van der Waals surface area contributed by atoms with E-state index in [1.165, 1.54) is 19.3 Å². The van der Waals surface area contributed by atoms with E-state index >= 15 is 0 Å². The summed E-state index contributed by atoms with van der Waals surface area (Å²) in [6.45, 7) is 8.33. The first-order valence-corrected chi connectivity index (χ1v) is 5.64. The van der Waals surface area contributed by atoms with Crippen LogP contribution in [0.25, 0.3) is 6.08 Å². The maximum absolute atomic E-state index is 10.8. The summed E-state index contributed by atoms with van der Waals surface area (Å²) in [5.41, 5.74) is 1.45. The van der Waals surface area contributed by atoms with E-state index in [1.54, 1.807) is 13.0 Å². The van der Waals surface area contributed by atoms with Gasteiger partial charge in [0.25, 0.3) is 0 Å². The minimum absolute atomic E-state index is 0.0705. The van der Waals surface area contributed by atoms with Gasteiger partial charge in [0, 0.05) is 5.57 Å². The molecule has 0 aliphatic heterocycles. The molecule has 0 heterocycles. The number of carbonyl (C=O) groups is 2. The van der Waals surface area contributed by atoms with Crippen LogP contribution < -0.4 is 0 Å². The topological polar surface area (TPSA) is 43.4 Å². The molecule has 3 heteroatoms. The number of benzene rings is 1. The number of hydrogen-bond donors (Lipinski definition) is 0. The van der Waals surface area contributed by atoms with E-state index < -0.39 is 0 Å². The summed E-state index contributed by atoms with van der Waals surface area (Å²) in [7, 11) is 1.33. The zero-order valence-corrected chi connectivity index (χ0v) is 11.3. The van der Waals surface area contributed by atoms with Gasteiger partial charge in [-0.15, -0.1) is 0 Å². The Labute approximate surface area is 113 Å². The molecule has 0 radical (unpaired) electrons. The Hall–Kier alpha value is -2.42. The van der Waals surface area contributed by atoms with Gasteiger partial charge in [0.05, 0.1) is 7.11 Å². The number of hydrogen-bond acceptors (Lipinski definition) is 3. The number of esters is 1. The van der Waals surface area contributed by atoms with Gasteiger partial charge < -0.3 is 4.74 Å². The summed E-state index contributed by atoms with van der Waals surface area (Å²) < 4.78 is 4.27. The Balaban J connectivity index is 0.000000399. The smallest absolute Gasteiger partial charge is 0.332 e. The Morgan fingerprint density at radius 2 is 1.79 bits per heavy atom. The molecular formula is C16H18O3. The summed E-state index contributed by atoms with van der Waals surface area (Å²) in [5, 5.41) is 0. The molecule has 1 aromatic carbocycles. The second kappa shape index (κ2) is 9.59. The van der Waals surface area contributed by atoms with E-state index in [0.29, 0.717) is 5.57 Å². The first-order valence-electron chi connectivity index (χ1n) is 5.64. The molecule has 3 nitrogen and oxygen atoms in total. The van der Waals surface area contributed by atoms with Crippen molar-refractivity contribution < 1.29 is 14.3 Å². The highest BCUT2D eigenvalue weighted by atomic mass is 16.5. The molecule has 0 atom stereocenters. The van der Waals surface area contributed by atoms with Crippen LogP contribution in [0.1, 0.15) is 12.5 Å². The van der Waals surface area contributed by atoms with Crippen molar-refractivity contribution in [2.45, 2.75) is 6.92 Å². The number of allylic oxidation sites excluding steroid dienone is 2. The van der Waals surface area contributed by atoms with Crippen molar-refractivity contribution >= 4 is 17.8 Å². The van der Waals surface area contributed by atoms with Crippen LogP contribution in [0.2, 0.25) is 0 Å². The molecule has 0 amide bonds. The lowest BCUT2D eigenvalue weighted by Gasteiger charge is -1.91. The molecule has 0 fully saturated rings. The molecule has 0 N–H and O–H groups in total. The summed E-state index contributed by atoms with van der Waals surface area (Å²) in [6.07, 6.45) is 4.56. The summed E-state index contributed by atoms with van der Waals surface area (Å²) in [6, 6.07) is 9.67. The summed E-state index contributed by atoms with van der Waals surface area (Å²) in [4.78, 5) is 21.0. The van der Waals surface area contributed by atoms with Crippen molar-refractivity contribution in [3.63, 3.8) is 0 Å². The molecule has 19 heavy (non-hydrogen) atoms. The van der Waals surface area contributed by atoms with Gasteiger partial charge in [0.15, 0.2) is 5.78 Å². The number of ketones is 1. The summed E-state index contributed by atoms with van der Waals surface area (Å²) >= 11 is 0. The van der Waals surface area contributed by atoms with E-state index in [2.05, 4.69) is 17.9 Å². The minimum atomic E-state index is -0.347. The fourth-order valence-electron chi connectivity index (χ4n) is 0.985. The monoisotopic (exact) mass is 258 g/mol. The van der Waals surface area contributed by atoms with Crippen LogP contribution in [0.5, 0.6) is 0 Å². The Bertz CT molecular complexity index is 470. The molecule has 0 unspecified atom stereocenters. The molecule has 0 aliphatic rings. The van der Waals surface area contributed by atoms with Crippen LogP contribution >= 0.6 is 0 Å². The predicted octanol–water partition coefficient (Wildman–Crippen LogP) is 3.19. The Morgan fingerprint density at radius 3 is 2.16 bits per heavy atom. The standard InChI is InChI=1S/C11H10O.C5H8O2/c1-2-11(12)9-8-10-6-4-3-5-7-10;1-4(2)5(6)7-3/h2-9H,1H2;1H2,2-3H3. The molecule has 0 saturated carbocycles. The Morgan fingerprint density at radius 1 is 1.21 bits per heavy atom. The lowest BCUT2D eigenvalue weighted by molar-refractivity contribution is -0.136. The van der Waals surface area contributed by atoms with Crippen molar-refractivity contribution in [2.75, 3.05) is 7.11 Å². The highest BCUT2D eigenvalue weighted by molar-refractivity contribution is 6.01. The van der Waals surface area contributed by atoms with E-state index in [1.807, 2.05) is 30.3 Å². The zero-order chi connectivity index (χ0) is 14.7. The van der Waals surface area contributed by atoms with Gasteiger partial charge in [0.2, 0.25) is 0 Å². The normalized spacial score (nSPS) is 9.16. The first-order chi connectivity index (χ1) is 9.01. The molecule has 100 valence electrons. The lowest BCUT2D eigenvalue weighted by atomic mass is 10.2. The second-order valence-electron chi connectivity index (χ2n) is 3.62. The van der Waals surface area contributed by atoms with E-state index in [4.69, 9.17) is 0 Å². The van der Waals surface area contributed by atoms with Crippen LogP contribution in [0, 0.1) is 0 Å². The zero-order valence-electron chi connectivity index (χ0n) is 11.3. The van der Waals surface area contributed by atoms with E-state index in [-0.39, 0.29) is 11.8 Å². The average molecular weight is 258 g/mol. The van der Waals surface area contributed by atoms with Crippen molar-refractivity contribution in [3.05, 3.63) is 66.8 Å². The van der Waals surface area contributed by atoms with Crippen molar-refractivity contribution in [3.8, 4) is 0 Å². The van der Waals surface area contributed by atoms with Gasteiger partial charge in [-0.05, 0) is 24.6 Å². The maximum Gasteiger partial charge on any atom is 0.332 e. The molecule has 0 spiro atoms. The second-order valence-corrected chi connectivity index (χ2v) is 3.62. The van der Waals surface area contributed by atoms with Crippen LogP contribution in [0.3, 0.4) is 0 Å². The SMILES string of the molecule is C=C(C)C(=O)OC.C=CC(=O)C=Cc1ccccc1. The average Bonchev–Trinajstić information content (AvgIpc) is 2.45. The van der Waals surface area contributed by atoms with Crippen molar-refractivity contribution in [2.24, 2.45) is 0 Å². The lowest BCUT2D eigenvalue weighted by Crippen LogP contribution is -1.98. The fourth-order valence-corrected chi connectivity index (χ4v) is 0.985. The van der Waals surface area contributed by atoms with Crippen molar-refractivity contribution in [1.29, 1.82) is 0 Å². The first kappa shape index (κ1) is 16.6. The van der Waals surface area contributed by atoms with E-state index in [9.17, 15) is 9.59 Å². The van der Waals surface area contributed by atoms with Gasteiger partial charge in [-0.3, -0.25) is 4.79 Å². The molecule has 0 aliphatic carbocycles. The van der Waals surface area contributed by atoms with Crippen LogP contribution in [-0.4, -0.2) is 18.9 Å². The van der Waals surface area contributed by atoms with Crippen LogP contribution in [0.4, 0.5) is 0 Å². The highest BCUT2D eigenvalue weighted by Gasteiger charge is 1.95. The minimum Gasteiger partial charge on any atom is -0.466 e. The molecule has 1 rings (SSSR count). The van der Waals surface area contributed by atoms with Gasteiger partial charge in [-0.2, -0.15) is 0 Å². The van der Waals surface area contributed by atoms with Crippen molar-refractivity contribution in [1.82, 2.24) is 0 Å². The third-order valence-corrected chi connectivity index (χ3v) is 1.97. The van der Waals surface area contributed by atoms with Gasteiger partial charge in [-0.1, -0.05) is 49.6 Å². The molecule has 0 saturated heterocycles. The third-order valence-electron chi connectivity index (χ3n) is 1.97. The number of carbonyl (C=O) groups excluding carboxylic acids is 2. The van der Waals surface area contributed by atoms with E-state index in [0.717, 1.165) is 5.56 Å². The third kappa shape index (κ3) is 8.32. The van der Waals surface area contributed by atoms with Gasteiger partial charge in [-0.25, -0.2) is 4.79 Å². The molecular weight excluding hydrogens is 240 g/mol. The predicted molar refractivity (Wildman–Crippen MR) is 77.5 cm³/mol. The maximum atomic E-state index is 10.8. The van der Waals surface area contributed by atoms with Gasteiger partial charge >= 0.3 is 5.97 Å². The largest absolute Gasteiger partial charge is 0.466 e. The van der Waals surface area contributed by atoms with Gasteiger partial charge in [0.1, 0.15) is 0 Å². The highest BCUT2D eigenvalue weighted by Crippen LogP contribution is 2.00. The molecule has 0 aromatic heterocycles. The summed E-state index contributed by atoms with van der Waals surface area (Å²) in [5.74, 6) is -0.418. The molecule has 0 bridgehead atoms.